The van der Waals surface area contributed by atoms with E-state index in [1.54, 1.807) is 0 Å². The molecule has 0 aromatic heterocycles. The van der Waals surface area contributed by atoms with Crippen LogP contribution in [0.2, 0.25) is 0 Å². The van der Waals surface area contributed by atoms with E-state index in [1.807, 2.05) is 31.2 Å². The number of halogens is 1. The van der Waals surface area contributed by atoms with Gasteiger partial charge in [-0.25, -0.2) is 0 Å². The second-order valence-electron chi connectivity index (χ2n) is 3.62. The zero-order valence-corrected chi connectivity index (χ0v) is 10.5. The molecule has 1 aromatic rings. The Morgan fingerprint density at radius 2 is 1.93 bits per heavy atom. The Hall–Kier alpha value is -0.890. The summed E-state index contributed by atoms with van der Waals surface area (Å²) in [6.45, 7) is 5.86. The molecular weight excluding hydrogens is 252 g/mol. The minimum atomic E-state index is 0.240. The topological polar surface area (TPSA) is 17.1 Å². The first-order valence-electron chi connectivity index (χ1n) is 5.04. The highest BCUT2D eigenvalue weighted by molar-refractivity contribution is 9.10. The fourth-order valence-corrected chi connectivity index (χ4v) is 1.56. The Bertz CT molecular complexity index is 351. The van der Waals surface area contributed by atoms with E-state index in [0.29, 0.717) is 12.8 Å². The molecule has 0 aliphatic rings. The molecule has 0 fully saturated rings. The Labute approximate surface area is 99.3 Å². The van der Waals surface area contributed by atoms with E-state index < -0.39 is 0 Å². The third-order valence-corrected chi connectivity index (χ3v) is 2.79. The normalized spacial score (nSPS) is 10.0. The first-order chi connectivity index (χ1) is 7.11. The summed E-state index contributed by atoms with van der Waals surface area (Å²) < 4.78 is 1.04. The summed E-state index contributed by atoms with van der Waals surface area (Å²) in [6.07, 6.45) is 1.89. The van der Waals surface area contributed by atoms with Crippen molar-refractivity contribution in [3.05, 3.63) is 46.5 Å². The van der Waals surface area contributed by atoms with Crippen molar-refractivity contribution in [2.75, 3.05) is 0 Å². The third-order valence-electron chi connectivity index (χ3n) is 2.26. The van der Waals surface area contributed by atoms with E-state index in [4.69, 9.17) is 0 Å². The quantitative estimate of drug-likeness (QED) is 0.739. The van der Waals surface area contributed by atoms with E-state index in [9.17, 15) is 4.79 Å². The van der Waals surface area contributed by atoms with E-state index in [-0.39, 0.29) is 5.78 Å². The molecule has 0 amide bonds. The monoisotopic (exact) mass is 266 g/mol. The molecule has 0 N–H and O–H groups in total. The van der Waals surface area contributed by atoms with Crippen LogP contribution in [0.3, 0.4) is 0 Å². The van der Waals surface area contributed by atoms with Crippen LogP contribution in [-0.2, 0) is 11.2 Å². The summed E-state index contributed by atoms with van der Waals surface area (Å²) in [5.41, 5.74) is 2.07. The number of hydrogen-bond donors (Lipinski definition) is 0. The van der Waals surface area contributed by atoms with Crippen molar-refractivity contribution < 1.29 is 4.79 Å². The lowest BCUT2D eigenvalue weighted by Gasteiger charge is -2.02. The molecular formula is C13H15BrO. The van der Waals surface area contributed by atoms with E-state index in [1.165, 1.54) is 0 Å². The van der Waals surface area contributed by atoms with Crippen LogP contribution in [0.25, 0.3) is 0 Å². The minimum Gasteiger partial charge on any atom is -0.299 e. The lowest BCUT2D eigenvalue weighted by molar-refractivity contribution is -0.117. The SMILES string of the molecule is C=C(CC)CC(=O)Cc1ccc(Br)cc1. The molecule has 80 valence electrons. The fourth-order valence-electron chi connectivity index (χ4n) is 1.30. The molecule has 0 bridgehead atoms. The molecule has 15 heavy (non-hydrogen) atoms. The van der Waals surface area contributed by atoms with Crippen LogP contribution >= 0.6 is 15.9 Å². The van der Waals surface area contributed by atoms with Gasteiger partial charge >= 0.3 is 0 Å². The number of ketones is 1. The molecule has 0 atom stereocenters. The molecule has 0 saturated carbocycles. The standard InChI is InChI=1S/C13H15BrO/c1-3-10(2)8-13(15)9-11-4-6-12(14)7-5-11/h4-7H,2-3,8-9H2,1H3. The summed E-state index contributed by atoms with van der Waals surface area (Å²) in [5.74, 6) is 0.240. The summed E-state index contributed by atoms with van der Waals surface area (Å²) in [4.78, 5) is 11.6. The molecule has 1 rings (SSSR count). The summed E-state index contributed by atoms with van der Waals surface area (Å²) in [6, 6.07) is 7.85. The van der Waals surface area contributed by atoms with Crippen LogP contribution in [0.1, 0.15) is 25.3 Å². The number of carbonyl (C=O) groups excluding carboxylic acids is 1. The number of Topliss-reactive ketones (excluding diaryl/α,β-unsaturated/α-hetero) is 1. The van der Waals surface area contributed by atoms with Crippen LogP contribution in [-0.4, -0.2) is 5.78 Å². The van der Waals surface area contributed by atoms with Gasteiger partial charge in [-0.3, -0.25) is 4.79 Å². The lowest BCUT2D eigenvalue weighted by atomic mass is 10.0. The average Bonchev–Trinajstić information content (AvgIpc) is 2.21. The van der Waals surface area contributed by atoms with Crippen molar-refractivity contribution in [2.24, 2.45) is 0 Å². The van der Waals surface area contributed by atoms with Gasteiger partial charge in [-0.15, -0.1) is 0 Å². The van der Waals surface area contributed by atoms with Gasteiger partial charge in [-0.1, -0.05) is 47.1 Å². The molecule has 0 saturated heterocycles. The van der Waals surface area contributed by atoms with Crippen LogP contribution in [0.4, 0.5) is 0 Å². The van der Waals surface area contributed by atoms with Crippen molar-refractivity contribution >= 4 is 21.7 Å². The second-order valence-corrected chi connectivity index (χ2v) is 4.54. The highest BCUT2D eigenvalue weighted by Gasteiger charge is 2.04. The van der Waals surface area contributed by atoms with Gasteiger partial charge in [0.05, 0.1) is 0 Å². The van der Waals surface area contributed by atoms with Gasteiger partial charge in [0.1, 0.15) is 5.78 Å². The lowest BCUT2D eigenvalue weighted by Crippen LogP contribution is -2.03. The predicted molar refractivity (Wildman–Crippen MR) is 66.9 cm³/mol. The van der Waals surface area contributed by atoms with Gasteiger partial charge in [-0.05, 0) is 24.1 Å². The number of hydrogen-bond acceptors (Lipinski definition) is 1. The van der Waals surface area contributed by atoms with Crippen molar-refractivity contribution in [3.63, 3.8) is 0 Å². The maximum atomic E-state index is 11.6. The molecule has 1 aromatic carbocycles. The highest BCUT2D eigenvalue weighted by atomic mass is 79.9. The smallest absolute Gasteiger partial charge is 0.141 e. The van der Waals surface area contributed by atoms with Gasteiger partial charge in [0.25, 0.3) is 0 Å². The number of rotatable bonds is 5. The molecule has 0 aliphatic carbocycles. The molecule has 0 radical (unpaired) electrons. The Balaban J connectivity index is 2.51. The van der Waals surface area contributed by atoms with E-state index in [2.05, 4.69) is 22.5 Å². The first-order valence-corrected chi connectivity index (χ1v) is 5.84. The minimum absolute atomic E-state index is 0.240. The molecule has 2 heteroatoms. The van der Waals surface area contributed by atoms with Crippen LogP contribution in [0.5, 0.6) is 0 Å². The van der Waals surface area contributed by atoms with Crippen LogP contribution in [0, 0.1) is 0 Å². The summed E-state index contributed by atoms with van der Waals surface area (Å²) in [7, 11) is 0. The molecule has 0 heterocycles. The molecule has 1 nitrogen and oxygen atoms in total. The van der Waals surface area contributed by atoms with Gasteiger partial charge in [-0.2, -0.15) is 0 Å². The fraction of sp³-hybridized carbons (Fsp3) is 0.308. The first kappa shape index (κ1) is 12.2. The molecule has 0 unspecified atom stereocenters. The van der Waals surface area contributed by atoms with Gasteiger partial charge in [0.2, 0.25) is 0 Å². The summed E-state index contributed by atoms with van der Waals surface area (Å²) in [5, 5.41) is 0. The molecule has 0 spiro atoms. The third kappa shape index (κ3) is 4.43. The van der Waals surface area contributed by atoms with Gasteiger partial charge < -0.3 is 0 Å². The van der Waals surface area contributed by atoms with E-state index in [0.717, 1.165) is 22.0 Å². The van der Waals surface area contributed by atoms with Gasteiger partial charge in [0.15, 0.2) is 0 Å². The van der Waals surface area contributed by atoms with Gasteiger partial charge in [0, 0.05) is 17.3 Å². The number of allylic oxidation sites excluding steroid dienone is 1. The zero-order chi connectivity index (χ0) is 11.3. The second kappa shape index (κ2) is 5.86. The highest BCUT2D eigenvalue weighted by Crippen LogP contribution is 2.12. The predicted octanol–water partition coefficient (Wildman–Crippen LogP) is 3.92. The maximum absolute atomic E-state index is 11.6. The Morgan fingerprint density at radius 3 is 2.47 bits per heavy atom. The average molecular weight is 267 g/mol. The number of benzene rings is 1. The van der Waals surface area contributed by atoms with Crippen LogP contribution < -0.4 is 0 Å². The van der Waals surface area contributed by atoms with Crippen molar-refractivity contribution in [1.82, 2.24) is 0 Å². The van der Waals surface area contributed by atoms with Crippen molar-refractivity contribution in [3.8, 4) is 0 Å². The van der Waals surface area contributed by atoms with Crippen molar-refractivity contribution in [2.45, 2.75) is 26.2 Å². The summed E-state index contributed by atoms with van der Waals surface area (Å²) >= 11 is 3.36. The zero-order valence-electron chi connectivity index (χ0n) is 8.92. The largest absolute Gasteiger partial charge is 0.299 e. The van der Waals surface area contributed by atoms with Crippen LogP contribution in [0.15, 0.2) is 40.9 Å². The van der Waals surface area contributed by atoms with Crippen molar-refractivity contribution in [1.29, 1.82) is 0 Å². The Morgan fingerprint density at radius 1 is 1.33 bits per heavy atom. The Kier molecular flexibility index (Phi) is 4.76. The van der Waals surface area contributed by atoms with E-state index >= 15 is 0 Å². The maximum Gasteiger partial charge on any atom is 0.141 e. The molecule has 0 aliphatic heterocycles. The number of carbonyl (C=O) groups is 1.